The van der Waals surface area contributed by atoms with Crippen LogP contribution in [0.2, 0.25) is 0 Å². The number of hydrogen-bond acceptors (Lipinski definition) is 6. The van der Waals surface area contributed by atoms with Gasteiger partial charge in [-0.15, -0.1) is 0 Å². The molecule has 0 spiro atoms. The number of non-ortho nitro benzene ring substituents is 1. The summed E-state index contributed by atoms with van der Waals surface area (Å²) in [5.74, 6) is -1.63. The molecule has 1 saturated heterocycles. The van der Waals surface area contributed by atoms with Crippen molar-refractivity contribution in [1.29, 1.82) is 0 Å². The fraction of sp³-hybridized carbons (Fsp3) is 0.235. The minimum atomic E-state index is -4.11. The Kier molecular flexibility index (Phi) is 5.68. The maximum Gasteiger partial charge on any atom is 0.269 e. The second-order valence-electron chi connectivity index (χ2n) is 5.92. The Labute approximate surface area is 159 Å². The van der Waals surface area contributed by atoms with Crippen LogP contribution in [-0.2, 0) is 14.8 Å². The van der Waals surface area contributed by atoms with Gasteiger partial charge >= 0.3 is 0 Å². The lowest BCUT2D eigenvalue weighted by Gasteiger charge is -2.26. The van der Waals surface area contributed by atoms with Crippen LogP contribution in [0.5, 0.6) is 0 Å². The van der Waals surface area contributed by atoms with Crippen LogP contribution in [-0.4, -0.2) is 49.9 Å². The highest BCUT2D eigenvalue weighted by atomic mass is 32.2. The van der Waals surface area contributed by atoms with E-state index < -0.39 is 31.6 Å². The third-order valence-electron chi connectivity index (χ3n) is 4.12. The van der Waals surface area contributed by atoms with E-state index in [0.717, 1.165) is 22.5 Å². The van der Waals surface area contributed by atoms with Crippen LogP contribution in [0.25, 0.3) is 0 Å². The number of ether oxygens (including phenoxy) is 1. The molecule has 2 aromatic carbocycles. The summed E-state index contributed by atoms with van der Waals surface area (Å²) in [6, 6.07) is 8.16. The van der Waals surface area contributed by atoms with Gasteiger partial charge in [-0.3, -0.25) is 14.9 Å². The Hall–Kier alpha value is -2.89. The van der Waals surface area contributed by atoms with Crippen LogP contribution in [0.15, 0.2) is 47.4 Å². The van der Waals surface area contributed by atoms with Crippen molar-refractivity contribution >= 4 is 27.3 Å². The third kappa shape index (κ3) is 4.16. The van der Waals surface area contributed by atoms with Crippen molar-refractivity contribution < 1.29 is 27.3 Å². The first-order valence-corrected chi connectivity index (χ1v) is 9.66. The topological polar surface area (TPSA) is 119 Å². The number of nitro benzene ring substituents is 1. The van der Waals surface area contributed by atoms with Gasteiger partial charge in [-0.1, -0.05) is 0 Å². The van der Waals surface area contributed by atoms with Gasteiger partial charge in [0.05, 0.1) is 18.1 Å². The summed E-state index contributed by atoms with van der Waals surface area (Å²) in [6.45, 7) is 0.615. The number of hydrogen-bond donors (Lipinski definition) is 1. The second-order valence-corrected chi connectivity index (χ2v) is 7.83. The number of nitro groups is 1. The molecule has 2 aromatic rings. The number of carbonyl (C=O) groups excluding carboxylic acids is 1. The van der Waals surface area contributed by atoms with Crippen LogP contribution in [0.3, 0.4) is 0 Å². The van der Waals surface area contributed by atoms with Crippen LogP contribution in [0.4, 0.5) is 15.8 Å². The molecular formula is C17H16FN3O6S. The second kappa shape index (κ2) is 8.00. The van der Waals surface area contributed by atoms with Crippen LogP contribution >= 0.6 is 0 Å². The van der Waals surface area contributed by atoms with Crippen molar-refractivity contribution in [2.24, 2.45) is 0 Å². The molecule has 0 aromatic heterocycles. The fourth-order valence-electron chi connectivity index (χ4n) is 2.64. The number of benzene rings is 2. The Balaban J connectivity index is 1.83. The number of morpholine rings is 1. The molecule has 1 N–H and O–H groups in total. The van der Waals surface area contributed by atoms with Crippen LogP contribution in [0.1, 0.15) is 10.4 Å². The molecule has 0 bridgehead atoms. The van der Waals surface area contributed by atoms with Gasteiger partial charge in [0.1, 0.15) is 10.7 Å². The van der Waals surface area contributed by atoms with Crippen molar-refractivity contribution in [1.82, 2.24) is 4.31 Å². The molecule has 3 rings (SSSR count). The molecule has 0 radical (unpaired) electrons. The average molecular weight is 409 g/mol. The Bertz CT molecular complexity index is 1000. The summed E-state index contributed by atoms with van der Waals surface area (Å²) in [5.41, 5.74) is 0.0720. The van der Waals surface area contributed by atoms with E-state index in [1.165, 1.54) is 24.3 Å². The van der Waals surface area contributed by atoms with Crippen LogP contribution in [0, 0.1) is 15.9 Å². The van der Waals surface area contributed by atoms with E-state index >= 15 is 0 Å². The number of carbonyl (C=O) groups is 1. The summed E-state index contributed by atoms with van der Waals surface area (Å²) in [7, 11) is -4.11. The minimum absolute atomic E-state index is 0.0633. The van der Waals surface area contributed by atoms with E-state index in [1.807, 2.05) is 0 Å². The monoisotopic (exact) mass is 409 g/mol. The number of anilines is 1. The predicted octanol–water partition coefficient (Wildman–Crippen LogP) is 2.01. The molecule has 1 amide bonds. The third-order valence-corrected chi connectivity index (χ3v) is 6.03. The van der Waals surface area contributed by atoms with E-state index in [9.17, 15) is 27.7 Å². The molecule has 1 aliphatic rings. The van der Waals surface area contributed by atoms with Crippen molar-refractivity contribution in [2.75, 3.05) is 31.6 Å². The number of nitrogens with one attached hydrogen (secondary N) is 1. The Morgan fingerprint density at radius 2 is 1.79 bits per heavy atom. The largest absolute Gasteiger partial charge is 0.379 e. The van der Waals surface area contributed by atoms with Gasteiger partial charge in [0, 0.05) is 36.5 Å². The molecule has 1 fully saturated rings. The van der Waals surface area contributed by atoms with E-state index in [0.29, 0.717) is 0 Å². The summed E-state index contributed by atoms with van der Waals surface area (Å²) in [5, 5.41) is 13.2. The van der Waals surface area contributed by atoms with Gasteiger partial charge < -0.3 is 10.1 Å². The van der Waals surface area contributed by atoms with Gasteiger partial charge in [-0.25, -0.2) is 12.8 Å². The summed E-state index contributed by atoms with van der Waals surface area (Å²) >= 11 is 0. The molecule has 1 aliphatic heterocycles. The molecule has 11 heteroatoms. The lowest BCUT2D eigenvalue weighted by atomic mass is 10.2. The van der Waals surface area contributed by atoms with Crippen molar-refractivity contribution in [3.8, 4) is 0 Å². The highest BCUT2D eigenvalue weighted by Gasteiger charge is 2.29. The maximum atomic E-state index is 14.2. The van der Waals surface area contributed by atoms with Gasteiger partial charge in [-0.05, 0) is 30.3 Å². The molecule has 0 unspecified atom stereocenters. The first-order valence-electron chi connectivity index (χ1n) is 8.22. The molecular weight excluding hydrogens is 393 g/mol. The molecule has 0 atom stereocenters. The summed E-state index contributed by atoms with van der Waals surface area (Å²) < 4.78 is 45.8. The van der Waals surface area contributed by atoms with E-state index in [-0.39, 0.29) is 43.2 Å². The number of halogens is 1. The molecule has 1 heterocycles. The van der Waals surface area contributed by atoms with E-state index in [1.54, 1.807) is 0 Å². The number of rotatable bonds is 5. The molecule has 28 heavy (non-hydrogen) atoms. The van der Waals surface area contributed by atoms with E-state index in [2.05, 4.69) is 5.32 Å². The van der Waals surface area contributed by atoms with Crippen molar-refractivity contribution in [3.63, 3.8) is 0 Å². The van der Waals surface area contributed by atoms with Gasteiger partial charge in [-0.2, -0.15) is 4.31 Å². The summed E-state index contributed by atoms with van der Waals surface area (Å²) in [6.07, 6.45) is 0. The highest BCUT2D eigenvalue weighted by Crippen LogP contribution is 2.23. The number of sulfonamides is 1. The predicted molar refractivity (Wildman–Crippen MR) is 97.0 cm³/mol. The molecule has 148 valence electrons. The van der Waals surface area contributed by atoms with Crippen LogP contribution < -0.4 is 5.32 Å². The van der Waals surface area contributed by atoms with Gasteiger partial charge in [0.25, 0.3) is 11.6 Å². The fourth-order valence-corrected chi connectivity index (χ4v) is 4.14. The van der Waals surface area contributed by atoms with Crippen molar-refractivity contribution in [2.45, 2.75) is 4.90 Å². The quantitative estimate of drug-likeness (QED) is 0.596. The summed E-state index contributed by atoms with van der Waals surface area (Å²) in [4.78, 5) is 21.9. The molecule has 9 nitrogen and oxygen atoms in total. The van der Waals surface area contributed by atoms with Crippen molar-refractivity contribution in [3.05, 3.63) is 64.0 Å². The smallest absolute Gasteiger partial charge is 0.269 e. The molecule has 0 aliphatic carbocycles. The number of amides is 1. The van der Waals surface area contributed by atoms with Gasteiger partial charge in [0.15, 0.2) is 0 Å². The standard InChI is InChI=1S/C17H16FN3O6S/c18-15-6-1-12(11-16(15)28(25,26)20-7-9-27-10-8-20)17(22)19-13-2-4-14(5-3-13)21(23)24/h1-6,11H,7-10H2,(H,19,22). The lowest BCUT2D eigenvalue weighted by Crippen LogP contribution is -2.41. The Morgan fingerprint density at radius 3 is 2.39 bits per heavy atom. The minimum Gasteiger partial charge on any atom is -0.379 e. The van der Waals surface area contributed by atoms with E-state index in [4.69, 9.17) is 4.74 Å². The number of nitrogens with zero attached hydrogens (tertiary/aromatic N) is 2. The zero-order chi connectivity index (χ0) is 20.3. The first kappa shape index (κ1) is 19.9. The zero-order valence-electron chi connectivity index (χ0n) is 14.5. The highest BCUT2D eigenvalue weighted by molar-refractivity contribution is 7.89. The molecule has 0 saturated carbocycles. The maximum absolute atomic E-state index is 14.2. The normalized spacial score (nSPS) is 15.2. The Morgan fingerprint density at radius 1 is 1.14 bits per heavy atom. The average Bonchev–Trinajstić information content (AvgIpc) is 2.69. The first-order chi connectivity index (χ1) is 13.3. The van der Waals surface area contributed by atoms with Gasteiger partial charge in [0.2, 0.25) is 10.0 Å². The lowest BCUT2D eigenvalue weighted by molar-refractivity contribution is -0.384. The zero-order valence-corrected chi connectivity index (χ0v) is 15.3. The SMILES string of the molecule is O=C(Nc1ccc([N+](=O)[O-])cc1)c1ccc(F)c(S(=O)(=O)N2CCOCC2)c1.